The van der Waals surface area contributed by atoms with Crippen LogP contribution in [0, 0.1) is 0 Å². The summed E-state index contributed by atoms with van der Waals surface area (Å²) in [5.41, 5.74) is 0. The Morgan fingerprint density at radius 2 is 2.44 bits per heavy atom. The van der Waals surface area contributed by atoms with Crippen LogP contribution < -0.4 is 10.6 Å². The van der Waals surface area contributed by atoms with Gasteiger partial charge in [0.05, 0.1) is 6.04 Å². The number of halogens is 1. The standard InChI is InChI=1S/C11H15ClN4O2/c1-2-18-6-10-15-8(12)4-9(16-10)14-7-3-11(17)13-5-7/h4,7H,2-3,5-6H2,1H3,(H,13,17)(H,14,15,16). The van der Waals surface area contributed by atoms with Gasteiger partial charge in [0.2, 0.25) is 5.91 Å². The van der Waals surface area contributed by atoms with Gasteiger partial charge in [0.15, 0.2) is 5.82 Å². The summed E-state index contributed by atoms with van der Waals surface area (Å²) in [5, 5.41) is 6.27. The first kappa shape index (κ1) is 13.0. The fourth-order valence-corrected chi connectivity index (χ4v) is 1.91. The Kier molecular flexibility index (Phi) is 4.33. The summed E-state index contributed by atoms with van der Waals surface area (Å²) in [7, 11) is 0. The maximum Gasteiger partial charge on any atom is 0.222 e. The molecule has 6 nitrogen and oxygen atoms in total. The molecule has 0 aliphatic carbocycles. The van der Waals surface area contributed by atoms with Gasteiger partial charge >= 0.3 is 0 Å². The lowest BCUT2D eigenvalue weighted by Crippen LogP contribution is -2.23. The van der Waals surface area contributed by atoms with Crippen molar-refractivity contribution in [3.8, 4) is 0 Å². The normalized spacial score (nSPS) is 18.8. The van der Waals surface area contributed by atoms with Crippen LogP contribution in [-0.2, 0) is 16.1 Å². The lowest BCUT2D eigenvalue weighted by atomic mass is 10.2. The second-order valence-corrected chi connectivity index (χ2v) is 4.37. The molecule has 2 rings (SSSR count). The number of nitrogens with one attached hydrogen (secondary N) is 2. The molecule has 98 valence electrons. The zero-order valence-electron chi connectivity index (χ0n) is 10.1. The van der Waals surface area contributed by atoms with Gasteiger partial charge in [-0.15, -0.1) is 0 Å². The van der Waals surface area contributed by atoms with E-state index >= 15 is 0 Å². The average molecular weight is 271 g/mol. The van der Waals surface area contributed by atoms with Gasteiger partial charge in [0.1, 0.15) is 17.6 Å². The maximum atomic E-state index is 11.1. The summed E-state index contributed by atoms with van der Waals surface area (Å²) >= 11 is 5.91. The van der Waals surface area contributed by atoms with Gasteiger partial charge < -0.3 is 15.4 Å². The number of ether oxygens (including phenoxy) is 1. The summed E-state index contributed by atoms with van der Waals surface area (Å²) in [6, 6.07) is 1.68. The third-order valence-corrected chi connectivity index (χ3v) is 2.70. The number of carbonyl (C=O) groups excluding carboxylic acids is 1. The second kappa shape index (κ2) is 5.97. The quantitative estimate of drug-likeness (QED) is 0.780. The molecule has 0 saturated carbocycles. The Morgan fingerprint density at radius 1 is 1.61 bits per heavy atom. The fourth-order valence-electron chi connectivity index (χ4n) is 1.71. The number of hydrogen-bond acceptors (Lipinski definition) is 5. The molecular weight excluding hydrogens is 256 g/mol. The molecule has 7 heteroatoms. The number of anilines is 1. The number of nitrogens with zero attached hydrogens (tertiary/aromatic N) is 2. The van der Waals surface area contributed by atoms with E-state index < -0.39 is 0 Å². The molecule has 2 heterocycles. The largest absolute Gasteiger partial charge is 0.374 e. The van der Waals surface area contributed by atoms with Crippen molar-refractivity contribution >= 4 is 23.3 Å². The van der Waals surface area contributed by atoms with Gasteiger partial charge in [-0.05, 0) is 6.92 Å². The number of carbonyl (C=O) groups is 1. The van der Waals surface area contributed by atoms with Crippen LogP contribution >= 0.6 is 11.6 Å². The first-order valence-corrected chi connectivity index (χ1v) is 6.19. The first-order chi connectivity index (χ1) is 8.67. The third kappa shape index (κ3) is 3.54. The van der Waals surface area contributed by atoms with Crippen molar-refractivity contribution in [2.24, 2.45) is 0 Å². The van der Waals surface area contributed by atoms with Gasteiger partial charge in [-0.25, -0.2) is 9.97 Å². The second-order valence-electron chi connectivity index (χ2n) is 3.98. The lowest BCUT2D eigenvalue weighted by Gasteiger charge is -2.12. The van der Waals surface area contributed by atoms with Crippen molar-refractivity contribution < 1.29 is 9.53 Å². The van der Waals surface area contributed by atoms with Crippen LogP contribution in [0.2, 0.25) is 5.15 Å². The predicted molar refractivity (Wildman–Crippen MR) is 67.4 cm³/mol. The third-order valence-electron chi connectivity index (χ3n) is 2.51. The molecule has 1 aliphatic heterocycles. The Balaban J connectivity index is 2.03. The van der Waals surface area contributed by atoms with E-state index in [1.807, 2.05) is 6.92 Å². The molecule has 1 aliphatic rings. The zero-order chi connectivity index (χ0) is 13.0. The van der Waals surface area contributed by atoms with Crippen LogP contribution in [0.4, 0.5) is 5.82 Å². The monoisotopic (exact) mass is 270 g/mol. The van der Waals surface area contributed by atoms with Crippen LogP contribution in [-0.4, -0.2) is 35.1 Å². The fraction of sp³-hybridized carbons (Fsp3) is 0.545. The van der Waals surface area contributed by atoms with E-state index in [0.717, 1.165) is 0 Å². The molecule has 1 fully saturated rings. The summed E-state index contributed by atoms with van der Waals surface area (Å²) in [6.07, 6.45) is 0.447. The maximum absolute atomic E-state index is 11.1. The van der Waals surface area contributed by atoms with Crippen molar-refractivity contribution in [2.45, 2.75) is 26.0 Å². The molecule has 2 N–H and O–H groups in total. The van der Waals surface area contributed by atoms with Gasteiger partial charge in [0.25, 0.3) is 0 Å². The van der Waals surface area contributed by atoms with Crippen molar-refractivity contribution in [2.75, 3.05) is 18.5 Å². The SMILES string of the molecule is CCOCc1nc(Cl)cc(NC2CNC(=O)C2)n1. The van der Waals surface area contributed by atoms with Crippen molar-refractivity contribution in [3.63, 3.8) is 0 Å². The first-order valence-electron chi connectivity index (χ1n) is 5.82. The number of amides is 1. The van der Waals surface area contributed by atoms with Crippen LogP contribution in [0.3, 0.4) is 0 Å². The number of rotatable bonds is 5. The zero-order valence-corrected chi connectivity index (χ0v) is 10.8. The molecule has 1 aromatic rings. The molecule has 0 radical (unpaired) electrons. The Hall–Kier alpha value is -1.40. The Labute approximate surface area is 110 Å². The highest BCUT2D eigenvalue weighted by Crippen LogP contribution is 2.15. The summed E-state index contributed by atoms with van der Waals surface area (Å²) in [4.78, 5) is 19.4. The molecule has 0 aromatic carbocycles. The Morgan fingerprint density at radius 3 is 3.11 bits per heavy atom. The van der Waals surface area contributed by atoms with E-state index in [-0.39, 0.29) is 11.9 Å². The van der Waals surface area contributed by atoms with Crippen molar-refractivity contribution in [1.82, 2.24) is 15.3 Å². The molecule has 1 saturated heterocycles. The van der Waals surface area contributed by atoms with Crippen LogP contribution in [0.15, 0.2) is 6.07 Å². The van der Waals surface area contributed by atoms with Gasteiger partial charge in [-0.2, -0.15) is 0 Å². The summed E-state index contributed by atoms with van der Waals surface area (Å²) < 4.78 is 5.24. The van der Waals surface area contributed by atoms with Gasteiger partial charge in [-0.3, -0.25) is 4.79 Å². The highest BCUT2D eigenvalue weighted by Gasteiger charge is 2.21. The van der Waals surface area contributed by atoms with Crippen molar-refractivity contribution in [3.05, 3.63) is 17.0 Å². The van der Waals surface area contributed by atoms with E-state index in [9.17, 15) is 4.79 Å². The minimum atomic E-state index is 0.0437. The topological polar surface area (TPSA) is 76.1 Å². The van der Waals surface area contributed by atoms with Gasteiger partial charge in [-0.1, -0.05) is 11.6 Å². The van der Waals surface area contributed by atoms with E-state index in [2.05, 4.69) is 20.6 Å². The van der Waals surface area contributed by atoms with E-state index in [1.165, 1.54) is 0 Å². The van der Waals surface area contributed by atoms with Gasteiger partial charge in [0, 0.05) is 25.6 Å². The predicted octanol–water partition coefficient (Wildman–Crippen LogP) is 0.967. The average Bonchev–Trinajstić information content (AvgIpc) is 2.71. The highest BCUT2D eigenvalue weighted by molar-refractivity contribution is 6.29. The van der Waals surface area contributed by atoms with Crippen LogP contribution in [0.5, 0.6) is 0 Å². The molecule has 0 bridgehead atoms. The Bertz CT molecular complexity index is 441. The smallest absolute Gasteiger partial charge is 0.222 e. The lowest BCUT2D eigenvalue weighted by molar-refractivity contribution is -0.119. The number of aromatic nitrogens is 2. The van der Waals surface area contributed by atoms with Crippen molar-refractivity contribution in [1.29, 1.82) is 0 Å². The molecule has 18 heavy (non-hydrogen) atoms. The minimum Gasteiger partial charge on any atom is -0.374 e. The minimum absolute atomic E-state index is 0.0437. The summed E-state index contributed by atoms with van der Waals surface area (Å²) in [6.45, 7) is 3.42. The molecule has 1 unspecified atom stereocenters. The summed E-state index contributed by atoms with van der Waals surface area (Å²) in [5.74, 6) is 1.19. The molecular formula is C11H15ClN4O2. The highest BCUT2D eigenvalue weighted by atomic mass is 35.5. The number of hydrogen-bond donors (Lipinski definition) is 2. The van der Waals surface area contributed by atoms with E-state index in [0.29, 0.717) is 43.0 Å². The van der Waals surface area contributed by atoms with E-state index in [1.54, 1.807) is 6.07 Å². The molecule has 1 amide bonds. The molecule has 1 atom stereocenters. The van der Waals surface area contributed by atoms with Crippen LogP contribution in [0.1, 0.15) is 19.2 Å². The van der Waals surface area contributed by atoms with Crippen LogP contribution in [0.25, 0.3) is 0 Å². The molecule has 1 aromatic heterocycles. The molecule has 0 spiro atoms. The van der Waals surface area contributed by atoms with E-state index in [4.69, 9.17) is 16.3 Å².